The van der Waals surface area contributed by atoms with E-state index in [-0.39, 0.29) is 22.8 Å². The minimum Gasteiger partial charge on any atom is -0.363 e. The van der Waals surface area contributed by atoms with Crippen molar-refractivity contribution in [3.8, 4) is 11.4 Å². The number of aromatic nitrogens is 6. The van der Waals surface area contributed by atoms with Crippen LogP contribution in [-0.2, 0) is 16.6 Å². The molecule has 2 aromatic heterocycles. The highest BCUT2D eigenvalue weighted by Crippen LogP contribution is 2.22. The number of nitrogens with zero attached hydrogens (tertiary/aromatic N) is 6. The number of benzene rings is 1. The zero-order valence-corrected chi connectivity index (χ0v) is 15.6. The van der Waals surface area contributed by atoms with Crippen molar-refractivity contribution in [1.29, 1.82) is 0 Å². The number of hydrogen-bond donors (Lipinski definition) is 2. The van der Waals surface area contributed by atoms with Gasteiger partial charge in [-0.3, -0.25) is 0 Å². The Morgan fingerprint density at radius 3 is 2.67 bits per heavy atom. The summed E-state index contributed by atoms with van der Waals surface area (Å²) in [6.07, 6.45) is 0. The van der Waals surface area contributed by atoms with Crippen LogP contribution in [0.2, 0.25) is 0 Å². The van der Waals surface area contributed by atoms with E-state index in [1.165, 1.54) is 0 Å². The monoisotopic (exact) mass is 392 g/mol. The summed E-state index contributed by atoms with van der Waals surface area (Å²) < 4.78 is 41.6. The fourth-order valence-electron chi connectivity index (χ4n) is 2.28. The van der Waals surface area contributed by atoms with Crippen LogP contribution in [0.4, 0.5) is 10.2 Å². The van der Waals surface area contributed by atoms with Crippen LogP contribution in [0, 0.1) is 12.7 Å². The minimum absolute atomic E-state index is 0.0396. The molecule has 2 heterocycles. The van der Waals surface area contributed by atoms with Gasteiger partial charge in [0.05, 0.1) is 17.0 Å². The molecule has 0 atom stereocenters. The van der Waals surface area contributed by atoms with Gasteiger partial charge in [-0.1, -0.05) is 0 Å². The smallest absolute Gasteiger partial charge is 0.241 e. The third kappa shape index (κ3) is 4.23. The second-order valence-corrected chi connectivity index (χ2v) is 7.65. The number of aromatic amines is 1. The van der Waals surface area contributed by atoms with Crippen molar-refractivity contribution >= 4 is 15.8 Å². The quantitative estimate of drug-likeness (QED) is 0.625. The summed E-state index contributed by atoms with van der Waals surface area (Å²) in [5.74, 6) is 0.288. The summed E-state index contributed by atoms with van der Waals surface area (Å²) in [6.45, 7) is 1.68. The second-order valence-electron chi connectivity index (χ2n) is 5.88. The summed E-state index contributed by atoms with van der Waals surface area (Å²) in [5, 5.41) is 12.9. The van der Waals surface area contributed by atoms with E-state index in [9.17, 15) is 12.8 Å². The largest absolute Gasteiger partial charge is 0.363 e. The lowest BCUT2D eigenvalue weighted by atomic mass is 10.2. The van der Waals surface area contributed by atoms with E-state index in [1.54, 1.807) is 17.9 Å². The van der Waals surface area contributed by atoms with Crippen molar-refractivity contribution in [2.24, 2.45) is 0 Å². The zero-order chi connectivity index (χ0) is 19.6. The minimum atomic E-state index is -3.93. The van der Waals surface area contributed by atoms with Crippen LogP contribution in [0.25, 0.3) is 11.4 Å². The molecule has 27 heavy (non-hydrogen) atoms. The molecule has 3 aromatic rings. The second kappa shape index (κ2) is 7.32. The summed E-state index contributed by atoms with van der Waals surface area (Å²) in [6, 6.07) is 5.12. The van der Waals surface area contributed by atoms with Gasteiger partial charge in [-0.15, -0.1) is 10.2 Å². The fourth-order valence-corrected chi connectivity index (χ4v) is 3.29. The summed E-state index contributed by atoms with van der Waals surface area (Å²) in [5.41, 5.74) is 0.636. The standard InChI is InChI=1S/C15H17FN8O2S/c1-9-6-14(24(2)3)19-13(18-9)8-17-27(25,26)10-4-5-12(16)11(7-10)15-20-22-23-21-15/h4-7,17H,8H2,1-3H3,(H,20,21,22,23). The molecule has 0 aliphatic rings. The van der Waals surface area contributed by atoms with Gasteiger partial charge >= 0.3 is 0 Å². The van der Waals surface area contributed by atoms with Crippen LogP contribution in [0.15, 0.2) is 29.2 Å². The number of hydrogen-bond acceptors (Lipinski definition) is 8. The van der Waals surface area contributed by atoms with E-state index in [1.807, 2.05) is 14.1 Å². The average Bonchev–Trinajstić information content (AvgIpc) is 3.14. The fraction of sp³-hybridized carbons (Fsp3) is 0.267. The Morgan fingerprint density at radius 2 is 2.00 bits per heavy atom. The third-order valence-corrected chi connectivity index (χ3v) is 5.00. The molecule has 0 aliphatic carbocycles. The van der Waals surface area contributed by atoms with Gasteiger partial charge in [-0.2, -0.15) is 5.21 Å². The van der Waals surface area contributed by atoms with Crippen molar-refractivity contribution in [1.82, 2.24) is 35.3 Å². The Bertz CT molecular complexity index is 1050. The molecule has 0 spiro atoms. The Labute approximate surface area is 154 Å². The SMILES string of the molecule is Cc1cc(N(C)C)nc(CNS(=O)(=O)c2ccc(F)c(-c3nn[nH]n3)c2)n1. The van der Waals surface area contributed by atoms with Crippen LogP contribution in [0.3, 0.4) is 0 Å². The van der Waals surface area contributed by atoms with E-state index in [0.717, 1.165) is 18.2 Å². The Morgan fingerprint density at radius 1 is 1.22 bits per heavy atom. The van der Waals surface area contributed by atoms with E-state index in [2.05, 4.69) is 35.3 Å². The van der Waals surface area contributed by atoms with Gasteiger partial charge in [0.1, 0.15) is 17.5 Å². The normalized spacial score (nSPS) is 11.6. The molecule has 0 unspecified atom stereocenters. The molecule has 0 saturated heterocycles. The van der Waals surface area contributed by atoms with Gasteiger partial charge in [-0.25, -0.2) is 27.5 Å². The number of halogens is 1. The first-order valence-corrected chi connectivity index (χ1v) is 9.29. The van der Waals surface area contributed by atoms with Crippen LogP contribution in [-0.4, -0.2) is 53.1 Å². The van der Waals surface area contributed by atoms with Crippen LogP contribution >= 0.6 is 0 Å². The molecule has 0 saturated carbocycles. The van der Waals surface area contributed by atoms with E-state index in [0.29, 0.717) is 17.3 Å². The van der Waals surface area contributed by atoms with Gasteiger partial charge in [0.15, 0.2) is 0 Å². The molecule has 0 radical (unpaired) electrons. The molecule has 0 bridgehead atoms. The molecule has 2 N–H and O–H groups in total. The lowest BCUT2D eigenvalue weighted by molar-refractivity contribution is 0.578. The molecule has 0 aliphatic heterocycles. The Balaban J connectivity index is 1.85. The molecular formula is C15H17FN8O2S. The zero-order valence-electron chi connectivity index (χ0n) is 14.8. The van der Waals surface area contributed by atoms with Crippen molar-refractivity contribution < 1.29 is 12.8 Å². The number of sulfonamides is 1. The lowest BCUT2D eigenvalue weighted by Crippen LogP contribution is -2.25. The van der Waals surface area contributed by atoms with Crippen LogP contribution < -0.4 is 9.62 Å². The van der Waals surface area contributed by atoms with Gasteiger partial charge in [0, 0.05) is 25.9 Å². The maximum Gasteiger partial charge on any atom is 0.241 e. The highest BCUT2D eigenvalue weighted by molar-refractivity contribution is 7.89. The predicted molar refractivity (Wildman–Crippen MR) is 94.7 cm³/mol. The maximum absolute atomic E-state index is 14.0. The molecule has 3 rings (SSSR count). The predicted octanol–water partition coefficient (Wildman–Crippen LogP) is 0.649. The van der Waals surface area contributed by atoms with E-state index >= 15 is 0 Å². The van der Waals surface area contributed by atoms with Crippen molar-refractivity contribution in [2.45, 2.75) is 18.4 Å². The number of rotatable bonds is 6. The van der Waals surface area contributed by atoms with Crippen molar-refractivity contribution in [2.75, 3.05) is 19.0 Å². The first kappa shape index (κ1) is 18.8. The highest BCUT2D eigenvalue weighted by atomic mass is 32.2. The van der Waals surface area contributed by atoms with Gasteiger partial charge < -0.3 is 4.90 Å². The first-order chi connectivity index (χ1) is 12.8. The first-order valence-electron chi connectivity index (χ1n) is 7.81. The number of nitrogens with one attached hydrogen (secondary N) is 2. The highest BCUT2D eigenvalue weighted by Gasteiger charge is 2.19. The average molecular weight is 392 g/mol. The Hall–Kier alpha value is -2.99. The molecule has 0 fully saturated rings. The summed E-state index contributed by atoms with van der Waals surface area (Å²) in [7, 11) is -0.277. The van der Waals surface area contributed by atoms with Crippen molar-refractivity contribution in [3.05, 3.63) is 41.6 Å². The summed E-state index contributed by atoms with van der Waals surface area (Å²) in [4.78, 5) is 10.2. The number of H-pyrrole nitrogens is 1. The van der Waals surface area contributed by atoms with Gasteiger partial charge in [0.25, 0.3) is 0 Å². The molecule has 12 heteroatoms. The third-order valence-electron chi connectivity index (χ3n) is 3.60. The number of anilines is 1. The Kier molecular flexibility index (Phi) is 5.10. The molecule has 1 aromatic carbocycles. The number of tetrazole rings is 1. The van der Waals surface area contributed by atoms with Gasteiger partial charge in [0.2, 0.25) is 15.8 Å². The molecule has 0 amide bonds. The molecule has 10 nitrogen and oxygen atoms in total. The van der Waals surface area contributed by atoms with Crippen LogP contribution in [0.5, 0.6) is 0 Å². The van der Waals surface area contributed by atoms with E-state index < -0.39 is 15.8 Å². The van der Waals surface area contributed by atoms with Gasteiger partial charge in [-0.05, 0) is 30.3 Å². The summed E-state index contributed by atoms with van der Waals surface area (Å²) >= 11 is 0. The maximum atomic E-state index is 14.0. The lowest BCUT2D eigenvalue weighted by Gasteiger charge is -2.13. The molecule has 142 valence electrons. The van der Waals surface area contributed by atoms with E-state index in [4.69, 9.17) is 0 Å². The molecular weight excluding hydrogens is 375 g/mol. The number of aryl methyl sites for hydroxylation is 1. The topological polar surface area (TPSA) is 130 Å². The van der Waals surface area contributed by atoms with Crippen molar-refractivity contribution in [3.63, 3.8) is 0 Å². The van der Waals surface area contributed by atoms with Crippen LogP contribution in [0.1, 0.15) is 11.5 Å².